The van der Waals surface area contributed by atoms with Crippen molar-refractivity contribution < 1.29 is 31.3 Å². The third kappa shape index (κ3) is 3.39. The van der Waals surface area contributed by atoms with Crippen molar-refractivity contribution in [1.29, 1.82) is 0 Å². The second kappa shape index (κ2) is 6.60. The molecule has 0 amide bonds. The molecule has 1 rings (SSSR count). The maximum absolute atomic E-state index is 11.9. The number of carboxylic acids is 1. The van der Waals surface area contributed by atoms with E-state index in [1.54, 1.807) is 13.8 Å². The predicted molar refractivity (Wildman–Crippen MR) is 76.7 cm³/mol. The van der Waals surface area contributed by atoms with Crippen LogP contribution in [0, 0.1) is 17.8 Å². The van der Waals surface area contributed by atoms with E-state index in [0.29, 0.717) is 0 Å². The minimum absolute atomic E-state index is 0.00408. The monoisotopic (exact) mass is 305 g/mol. The Balaban J connectivity index is 3.18. The number of carboxylic acid groups (broad SMARTS) is 1. The van der Waals surface area contributed by atoms with Crippen molar-refractivity contribution in [2.45, 2.75) is 71.0 Å². The molecule has 0 saturated carbocycles. The molecule has 0 aromatic heterocycles. The smallest absolute Gasteiger partial charge is 0.336 e. The quantitative estimate of drug-likeness (QED) is 0.593. The van der Waals surface area contributed by atoms with Gasteiger partial charge in [-0.05, 0) is 18.7 Å². The van der Waals surface area contributed by atoms with Gasteiger partial charge in [0.25, 0.3) is 0 Å². The van der Waals surface area contributed by atoms with Crippen molar-refractivity contribution in [3.63, 3.8) is 0 Å². The molecule has 124 valence electrons. The molecule has 6 heteroatoms. The summed E-state index contributed by atoms with van der Waals surface area (Å²) < 4.78 is 12.9. The highest BCUT2D eigenvalue weighted by Gasteiger charge is 2.55. The van der Waals surface area contributed by atoms with Crippen LogP contribution >= 0.6 is 0 Å². The summed E-state index contributed by atoms with van der Waals surface area (Å²) in [5.74, 6) is -2.12. The van der Waals surface area contributed by atoms with Crippen LogP contribution in [0.25, 0.3) is 0 Å². The Morgan fingerprint density at radius 3 is 2.38 bits per heavy atom. The number of hydrogen-bond donors (Lipinski definition) is 4. The van der Waals surface area contributed by atoms with Gasteiger partial charge in [-0.2, -0.15) is 0 Å². The van der Waals surface area contributed by atoms with Gasteiger partial charge < -0.3 is 25.2 Å². The fourth-order valence-corrected chi connectivity index (χ4v) is 2.88. The highest BCUT2D eigenvalue weighted by Crippen LogP contribution is 2.42. The lowest BCUT2D eigenvalue weighted by molar-refractivity contribution is -0.250. The van der Waals surface area contributed by atoms with Crippen LogP contribution in [0.2, 0.25) is 0 Å². The maximum Gasteiger partial charge on any atom is 0.336 e. The summed E-state index contributed by atoms with van der Waals surface area (Å²) in [5.41, 5.74) is -1.62. The van der Waals surface area contributed by atoms with Crippen molar-refractivity contribution in [3.05, 3.63) is 0 Å². The zero-order valence-corrected chi connectivity index (χ0v) is 13.1. The molecule has 1 saturated heterocycles. The van der Waals surface area contributed by atoms with Gasteiger partial charge in [0.1, 0.15) is 6.10 Å². The van der Waals surface area contributed by atoms with Gasteiger partial charge in [0.15, 0.2) is 5.60 Å². The standard InChI is InChI=1S/C15H28O6/c1-7(2)9(4)15(14(19)20)6-11(17)8(3)13(21-15)12(18)10(5)16/h7-13,16-18H,6H2,1-5H3,(H,19,20)/i5D. The Morgan fingerprint density at radius 2 is 1.95 bits per heavy atom. The molecule has 4 N–H and O–H groups in total. The van der Waals surface area contributed by atoms with Gasteiger partial charge in [0.2, 0.25) is 0 Å². The average molecular weight is 305 g/mol. The lowest BCUT2D eigenvalue weighted by Crippen LogP contribution is -2.62. The molecule has 21 heavy (non-hydrogen) atoms. The van der Waals surface area contributed by atoms with Crippen LogP contribution in [0.5, 0.6) is 0 Å². The van der Waals surface area contributed by atoms with E-state index in [4.69, 9.17) is 6.11 Å². The third-order valence-electron chi connectivity index (χ3n) is 4.81. The van der Waals surface area contributed by atoms with Crippen molar-refractivity contribution in [2.75, 3.05) is 0 Å². The second-order valence-corrected chi connectivity index (χ2v) is 6.50. The normalized spacial score (nSPS) is 38.7. The summed E-state index contributed by atoms with van der Waals surface area (Å²) >= 11 is 0. The van der Waals surface area contributed by atoms with E-state index in [0.717, 1.165) is 0 Å². The predicted octanol–water partition coefficient (Wildman–Crippen LogP) is 0.629. The lowest BCUT2D eigenvalue weighted by Gasteiger charge is -2.49. The van der Waals surface area contributed by atoms with Gasteiger partial charge in [0, 0.05) is 13.7 Å². The first-order valence-corrected chi connectivity index (χ1v) is 7.33. The van der Waals surface area contributed by atoms with Gasteiger partial charge in [-0.1, -0.05) is 27.7 Å². The summed E-state index contributed by atoms with van der Waals surface area (Å²) in [5, 5.41) is 39.8. The summed E-state index contributed by atoms with van der Waals surface area (Å²) in [7, 11) is 0. The van der Waals surface area contributed by atoms with Crippen molar-refractivity contribution in [3.8, 4) is 0 Å². The number of aliphatic carboxylic acids is 1. The number of ether oxygens (including phenoxy) is 1. The molecule has 0 radical (unpaired) electrons. The minimum Gasteiger partial charge on any atom is -0.479 e. The first kappa shape index (κ1) is 16.7. The number of aliphatic hydroxyl groups excluding tert-OH is 3. The lowest BCUT2D eigenvalue weighted by atomic mass is 9.72. The number of rotatable bonds is 5. The van der Waals surface area contributed by atoms with Gasteiger partial charge in [-0.25, -0.2) is 4.79 Å². The summed E-state index contributed by atoms with van der Waals surface area (Å²) in [6, 6.07) is 0. The molecule has 0 aromatic carbocycles. The zero-order valence-electron chi connectivity index (χ0n) is 14.1. The molecule has 1 aliphatic rings. The zero-order chi connectivity index (χ0) is 17.2. The highest BCUT2D eigenvalue weighted by molar-refractivity contribution is 5.78. The molecule has 0 aliphatic carbocycles. The summed E-state index contributed by atoms with van der Waals surface area (Å²) in [6.45, 7) is 6.69. The minimum atomic E-state index is -1.62. The van der Waals surface area contributed by atoms with Gasteiger partial charge in [-0.3, -0.25) is 0 Å². The van der Waals surface area contributed by atoms with Crippen LogP contribution in [0.3, 0.4) is 0 Å². The number of aliphatic hydroxyl groups is 3. The van der Waals surface area contributed by atoms with Crippen LogP contribution in [0.1, 0.15) is 42.4 Å². The Labute approximate surface area is 127 Å². The molecule has 7 unspecified atom stereocenters. The van der Waals surface area contributed by atoms with Gasteiger partial charge >= 0.3 is 5.97 Å². The van der Waals surface area contributed by atoms with Crippen molar-refractivity contribution in [1.82, 2.24) is 0 Å². The topological polar surface area (TPSA) is 107 Å². The molecule has 1 heterocycles. The Morgan fingerprint density at radius 1 is 1.38 bits per heavy atom. The molecule has 1 aliphatic heterocycles. The van der Waals surface area contributed by atoms with Crippen LogP contribution < -0.4 is 0 Å². The van der Waals surface area contributed by atoms with E-state index >= 15 is 0 Å². The van der Waals surface area contributed by atoms with E-state index in [1.807, 2.05) is 13.8 Å². The average Bonchev–Trinajstić information content (AvgIpc) is 2.47. The van der Waals surface area contributed by atoms with E-state index in [-0.39, 0.29) is 12.3 Å². The van der Waals surface area contributed by atoms with Gasteiger partial charge in [-0.15, -0.1) is 0 Å². The van der Waals surface area contributed by atoms with Crippen molar-refractivity contribution in [2.24, 2.45) is 17.8 Å². The van der Waals surface area contributed by atoms with Crippen molar-refractivity contribution >= 4 is 5.97 Å². The van der Waals surface area contributed by atoms with Gasteiger partial charge in [0.05, 0.1) is 18.3 Å². The largest absolute Gasteiger partial charge is 0.479 e. The summed E-state index contributed by atoms with van der Waals surface area (Å²) in [6.07, 6.45) is -4.84. The molecule has 1 fully saturated rings. The van der Waals surface area contributed by atoms with Crippen LogP contribution in [-0.2, 0) is 9.53 Å². The second-order valence-electron chi connectivity index (χ2n) is 6.50. The molecular formula is C15H28O6. The molecule has 6 nitrogen and oxygen atoms in total. The Kier molecular flexibility index (Phi) is 5.24. The maximum atomic E-state index is 11.9. The van der Waals surface area contributed by atoms with E-state index < -0.39 is 54.7 Å². The van der Waals surface area contributed by atoms with Crippen LogP contribution in [-0.4, -0.2) is 56.4 Å². The van der Waals surface area contributed by atoms with E-state index in [2.05, 4.69) is 0 Å². The molecule has 0 spiro atoms. The van der Waals surface area contributed by atoms with Crippen LogP contribution in [0.4, 0.5) is 0 Å². The molecule has 7 atom stereocenters. The molecule has 0 aromatic rings. The number of hydrogen-bond acceptors (Lipinski definition) is 5. The number of carbonyl (C=O) groups is 1. The fraction of sp³-hybridized carbons (Fsp3) is 0.933. The molecule has 0 bridgehead atoms. The van der Waals surface area contributed by atoms with E-state index in [1.165, 1.54) is 0 Å². The van der Waals surface area contributed by atoms with Crippen LogP contribution in [0.15, 0.2) is 0 Å². The fourth-order valence-electron chi connectivity index (χ4n) is 2.88. The first-order valence-electron chi connectivity index (χ1n) is 8.03. The highest BCUT2D eigenvalue weighted by atomic mass is 16.6. The van der Waals surface area contributed by atoms with E-state index in [9.17, 15) is 25.2 Å². The third-order valence-corrected chi connectivity index (χ3v) is 4.81. The molecular weight excluding hydrogens is 276 g/mol. The SMILES string of the molecule is [2H]CC(O)C(O)C1OC(C(=O)O)(C(C)C(C)C)CC(O)C1C. The Bertz CT molecular complexity index is 390. The Hall–Kier alpha value is -0.690. The summed E-state index contributed by atoms with van der Waals surface area (Å²) in [4.78, 5) is 11.9. The first-order chi connectivity index (χ1) is 10.1.